The maximum atomic E-state index is 13.3. The first kappa shape index (κ1) is 29.1. The summed E-state index contributed by atoms with van der Waals surface area (Å²) in [7, 11) is 0. The molecule has 0 heterocycles. The molecule has 11 heteroatoms. The van der Waals surface area contributed by atoms with Crippen molar-refractivity contribution in [1.29, 1.82) is 0 Å². The molecule has 206 valence electrons. The average molecular weight is 587 g/mol. The molecule has 0 fully saturated rings. The van der Waals surface area contributed by atoms with Gasteiger partial charge in [-0.1, -0.05) is 48.0 Å². The molecule has 0 aliphatic rings. The van der Waals surface area contributed by atoms with Crippen molar-refractivity contribution in [3.63, 3.8) is 0 Å². The number of anilines is 2. The van der Waals surface area contributed by atoms with Crippen molar-refractivity contribution >= 4 is 64.2 Å². The summed E-state index contributed by atoms with van der Waals surface area (Å²) in [5, 5.41) is 19.4. The van der Waals surface area contributed by atoms with E-state index in [9.17, 15) is 24.5 Å². The third-order valence-corrected chi connectivity index (χ3v) is 6.74. The number of hydrogen-bond donors (Lipinski definition) is 3. The van der Waals surface area contributed by atoms with E-state index in [1.165, 1.54) is 42.1 Å². The minimum Gasteiger partial charge on any atom is -0.325 e. The van der Waals surface area contributed by atoms with E-state index in [1.54, 1.807) is 78.9 Å². The second-order valence-corrected chi connectivity index (χ2v) is 10.0. The molecular formula is C30H23ClN4O5S. The van der Waals surface area contributed by atoms with E-state index in [0.717, 1.165) is 4.90 Å². The molecule has 3 amide bonds. The van der Waals surface area contributed by atoms with Gasteiger partial charge in [0.1, 0.15) is 5.70 Å². The lowest BCUT2D eigenvalue weighted by molar-refractivity contribution is -0.384. The van der Waals surface area contributed by atoms with Crippen LogP contribution in [0.3, 0.4) is 0 Å². The van der Waals surface area contributed by atoms with E-state index < -0.39 is 16.7 Å². The summed E-state index contributed by atoms with van der Waals surface area (Å²) >= 11 is 7.35. The van der Waals surface area contributed by atoms with Crippen LogP contribution in [0.15, 0.2) is 114 Å². The highest BCUT2D eigenvalue weighted by molar-refractivity contribution is 8.00. The lowest BCUT2D eigenvalue weighted by atomic mass is 10.1. The summed E-state index contributed by atoms with van der Waals surface area (Å²) < 4.78 is 0. The van der Waals surface area contributed by atoms with E-state index in [2.05, 4.69) is 16.0 Å². The van der Waals surface area contributed by atoms with Crippen molar-refractivity contribution in [2.24, 2.45) is 0 Å². The zero-order chi connectivity index (χ0) is 29.2. The van der Waals surface area contributed by atoms with Crippen LogP contribution in [0.1, 0.15) is 15.9 Å². The summed E-state index contributed by atoms with van der Waals surface area (Å²) in [5.41, 5.74) is 1.87. The van der Waals surface area contributed by atoms with Crippen LogP contribution in [0.4, 0.5) is 17.1 Å². The van der Waals surface area contributed by atoms with Crippen LogP contribution < -0.4 is 16.0 Å². The minimum absolute atomic E-state index is 0.0154. The highest BCUT2D eigenvalue weighted by atomic mass is 35.5. The third kappa shape index (κ3) is 8.79. The number of nitro benzene ring substituents is 1. The van der Waals surface area contributed by atoms with Crippen LogP contribution in [0.2, 0.25) is 5.02 Å². The van der Waals surface area contributed by atoms with Gasteiger partial charge in [-0.2, -0.15) is 0 Å². The predicted molar refractivity (Wildman–Crippen MR) is 161 cm³/mol. The highest BCUT2D eigenvalue weighted by Crippen LogP contribution is 2.23. The Balaban J connectivity index is 1.42. The zero-order valence-corrected chi connectivity index (χ0v) is 22.9. The molecule has 0 atom stereocenters. The van der Waals surface area contributed by atoms with Crippen molar-refractivity contribution in [2.45, 2.75) is 4.90 Å². The maximum Gasteiger partial charge on any atom is 0.272 e. The minimum atomic E-state index is -0.549. The van der Waals surface area contributed by atoms with E-state index in [4.69, 9.17) is 11.6 Å². The number of rotatable bonds is 10. The van der Waals surface area contributed by atoms with Crippen LogP contribution >= 0.6 is 23.4 Å². The maximum absolute atomic E-state index is 13.3. The second-order valence-electron chi connectivity index (χ2n) is 8.56. The molecule has 0 aromatic heterocycles. The molecule has 0 spiro atoms. The van der Waals surface area contributed by atoms with Gasteiger partial charge in [-0.3, -0.25) is 24.5 Å². The van der Waals surface area contributed by atoms with Gasteiger partial charge in [-0.15, -0.1) is 11.8 Å². The molecule has 0 bridgehead atoms. The smallest absolute Gasteiger partial charge is 0.272 e. The monoisotopic (exact) mass is 586 g/mol. The largest absolute Gasteiger partial charge is 0.325 e. The first-order chi connectivity index (χ1) is 19.8. The lowest BCUT2D eigenvalue weighted by Crippen LogP contribution is -2.30. The Morgan fingerprint density at radius 1 is 0.829 bits per heavy atom. The number of nitro groups is 1. The number of carbonyl (C=O) groups excluding carboxylic acids is 3. The topological polar surface area (TPSA) is 130 Å². The Morgan fingerprint density at radius 2 is 1.56 bits per heavy atom. The number of nitrogens with one attached hydrogen (secondary N) is 3. The Bertz CT molecular complexity index is 1610. The first-order valence-electron chi connectivity index (χ1n) is 12.2. The van der Waals surface area contributed by atoms with Crippen molar-refractivity contribution in [1.82, 2.24) is 5.32 Å². The van der Waals surface area contributed by atoms with Gasteiger partial charge in [0.2, 0.25) is 5.91 Å². The molecule has 3 N–H and O–H groups in total. The fourth-order valence-corrected chi connectivity index (χ4v) is 4.53. The van der Waals surface area contributed by atoms with Crippen LogP contribution in [-0.4, -0.2) is 28.4 Å². The molecule has 9 nitrogen and oxygen atoms in total. The SMILES string of the molecule is O=C(CSc1cccc(NC(=O)/C(=C/c2cccc(Cl)c2)NC(=O)c2ccccc2)c1)Nc1ccc([N+](=O)[O-])cc1. The molecule has 4 aromatic carbocycles. The fourth-order valence-electron chi connectivity index (χ4n) is 3.58. The summed E-state index contributed by atoms with van der Waals surface area (Å²) in [5.74, 6) is -1.22. The average Bonchev–Trinajstić information content (AvgIpc) is 2.96. The normalized spacial score (nSPS) is 10.9. The lowest BCUT2D eigenvalue weighted by Gasteiger charge is -2.12. The Morgan fingerprint density at radius 3 is 2.27 bits per heavy atom. The van der Waals surface area contributed by atoms with Crippen LogP contribution in [0.25, 0.3) is 6.08 Å². The molecule has 0 radical (unpaired) electrons. The summed E-state index contributed by atoms with van der Waals surface area (Å²) in [6.45, 7) is 0. The van der Waals surface area contributed by atoms with E-state index >= 15 is 0 Å². The van der Waals surface area contributed by atoms with Crippen LogP contribution in [0.5, 0.6) is 0 Å². The number of nitrogens with zero attached hydrogens (tertiary/aromatic N) is 1. The van der Waals surface area contributed by atoms with Crippen molar-refractivity contribution in [2.75, 3.05) is 16.4 Å². The predicted octanol–water partition coefficient (Wildman–Crippen LogP) is 6.39. The number of amides is 3. The molecule has 4 rings (SSSR count). The Labute approximate surface area is 244 Å². The van der Waals surface area contributed by atoms with E-state index in [0.29, 0.717) is 27.5 Å². The van der Waals surface area contributed by atoms with Crippen molar-refractivity contribution in [3.05, 3.63) is 135 Å². The Kier molecular flexibility index (Phi) is 9.87. The quantitative estimate of drug-likeness (QED) is 0.0854. The zero-order valence-electron chi connectivity index (χ0n) is 21.4. The third-order valence-electron chi connectivity index (χ3n) is 5.51. The fraction of sp³-hybridized carbons (Fsp3) is 0.0333. The molecular weight excluding hydrogens is 564 g/mol. The molecule has 0 unspecified atom stereocenters. The number of non-ortho nitro benzene ring substituents is 1. The van der Waals surface area contributed by atoms with Crippen LogP contribution in [0, 0.1) is 10.1 Å². The molecule has 0 saturated carbocycles. The van der Waals surface area contributed by atoms with Gasteiger partial charge < -0.3 is 16.0 Å². The van der Waals surface area contributed by atoms with Gasteiger partial charge in [0.15, 0.2) is 0 Å². The summed E-state index contributed by atoms with van der Waals surface area (Å²) in [4.78, 5) is 49.5. The highest BCUT2D eigenvalue weighted by Gasteiger charge is 2.16. The van der Waals surface area contributed by atoms with Gasteiger partial charge in [0, 0.05) is 39.0 Å². The number of carbonyl (C=O) groups is 3. The van der Waals surface area contributed by atoms with Gasteiger partial charge in [-0.05, 0) is 66.2 Å². The van der Waals surface area contributed by atoms with E-state index in [1.807, 2.05) is 0 Å². The summed E-state index contributed by atoms with van der Waals surface area (Å²) in [6, 6.07) is 27.9. The molecule has 0 aliphatic carbocycles. The van der Waals surface area contributed by atoms with Crippen molar-refractivity contribution < 1.29 is 19.3 Å². The van der Waals surface area contributed by atoms with Crippen LogP contribution in [-0.2, 0) is 9.59 Å². The number of benzene rings is 4. The number of thioether (sulfide) groups is 1. The van der Waals surface area contributed by atoms with Gasteiger partial charge in [-0.25, -0.2) is 0 Å². The van der Waals surface area contributed by atoms with Crippen molar-refractivity contribution in [3.8, 4) is 0 Å². The number of halogens is 1. The molecule has 41 heavy (non-hydrogen) atoms. The molecule has 0 saturated heterocycles. The Hall–Kier alpha value is -4.93. The summed E-state index contributed by atoms with van der Waals surface area (Å²) in [6.07, 6.45) is 1.53. The van der Waals surface area contributed by atoms with Gasteiger partial charge in [0.25, 0.3) is 17.5 Å². The van der Waals surface area contributed by atoms with Gasteiger partial charge >= 0.3 is 0 Å². The van der Waals surface area contributed by atoms with E-state index in [-0.39, 0.29) is 23.0 Å². The molecule has 4 aromatic rings. The number of hydrogen-bond acceptors (Lipinski definition) is 6. The molecule has 0 aliphatic heterocycles. The first-order valence-corrected chi connectivity index (χ1v) is 13.6. The van der Waals surface area contributed by atoms with Gasteiger partial charge in [0.05, 0.1) is 10.7 Å². The second kappa shape index (κ2) is 13.9. The standard InChI is InChI=1S/C30H23ClN4O5S/c31-22-9-4-6-20(16-22)17-27(34-29(37)21-7-2-1-3-8-21)30(38)33-24-10-5-11-26(18-24)41-19-28(36)32-23-12-14-25(15-13-23)35(39)40/h1-18H,19H2,(H,32,36)(H,33,38)(H,34,37)/b27-17-.